The highest BCUT2D eigenvalue weighted by Crippen LogP contribution is 2.25. The summed E-state index contributed by atoms with van der Waals surface area (Å²) in [6.07, 6.45) is 6.74. The molecule has 0 N–H and O–H groups in total. The van der Waals surface area contributed by atoms with Crippen LogP contribution in [0.3, 0.4) is 0 Å². The Morgan fingerprint density at radius 1 is 1.33 bits per heavy atom. The molecule has 0 aliphatic rings. The molecule has 2 heteroatoms. The normalized spacial score (nSPS) is 13.7. The summed E-state index contributed by atoms with van der Waals surface area (Å²) >= 11 is 0. The number of hydrogen-bond acceptors (Lipinski definition) is 1. The van der Waals surface area contributed by atoms with Gasteiger partial charge >= 0.3 is 0 Å². The lowest BCUT2D eigenvalue weighted by molar-refractivity contribution is 0.722. The van der Waals surface area contributed by atoms with E-state index in [9.17, 15) is 0 Å². The second kappa shape index (κ2) is 5.15. The van der Waals surface area contributed by atoms with Crippen molar-refractivity contribution in [3.8, 4) is 0 Å². The van der Waals surface area contributed by atoms with Crippen molar-refractivity contribution in [2.24, 2.45) is 7.05 Å². The average molecular weight is 206 g/mol. The Hall–Kier alpha value is -1.05. The Bertz CT molecular complexity index is 348. The van der Waals surface area contributed by atoms with Crippen LogP contribution in [-0.2, 0) is 7.05 Å². The predicted octanol–water partition coefficient (Wildman–Crippen LogP) is 3.50. The van der Waals surface area contributed by atoms with Crippen LogP contribution < -0.4 is 0 Å². The minimum atomic E-state index is 0.571. The van der Waals surface area contributed by atoms with Gasteiger partial charge in [-0.1, -0.05) is 26.0 Å². The molecule has 0 saturated carbocycles. The molecule has 84 valence electrons. The van der Waals surface area contributed by atoms with Crippen molar-refractivity contribution in [2.75, 3.05) is 0 Å². The topological polar surface area (TPSA) is 17.8 Å². The molecule has 1 heterocycles. The molecule has 1 rings (SSSR count). The third-order valence-electron chi connectivity index (χ3n) is 2.95. The lowest BCUT2D eigenvalue weighted by Crippen LogP contribution is -1.97. The van der Waals surface area contributed by atoms with Crippen molar-refractivity contribution in [3.63, 3.8) is 0 Å². The van der Waals surface area contributed by atoms with Gasteiger partial charge in [-0.2, -0.15) is 5.10 Å². The van der Waals surface area contributed by atoms with Crippen LogP contribution in [0.1, 0.15) is 49.6 Å². The van der Waals surface area contributed by atoms with Crippen LogP contribution in [0.15, 0.2) is 12.2 Å². The molecule has 0 fully saturated rings. The number of hydrogen-bond donors (Lipinski definition) is 0. The van der Waals surface area contributed by atoms with Gasteiger partial charge in [-0.25, -0.2) is 0 Å². The molecule has 0 bridgehead atoms. The summed E-state index contributed by atoms with van der Waals surface area (Å²) in [5.74, 6) is 0.571. The van der Waals surface area contributed by atoms with Crippen molar-refractivity contribution in [3.05, 3.63) is 29.1 Å². The minimum absolute atomic E-state index is 0.571. The van der Waals surface area contributed by atoms with Crippen LogP contribution >= 0.6 is 0 Å². The summed E-state index contributed by atoms with van der Waals surface area (Å²) in [4.78, 5) is 0. The maximum atomic E-state index is 4.45. The van der Waals surface area contributed by atoms with Gasteiger partial charge in [0.25, 0.3) is 0 Å². The molecule has 2 nitrogen and oxygen atoms in total. The highest BCUT2D eigenvalue weighted by molar-refractivity contribution is 5.28. The second-order valence-electron chi connectivity index (χ2n) is 4.22. The maximum absolute atomic E-state index is 4.45. The molecule has 0 amide bonds. The fraction of sp³-hybridized carbons (Fsp3) is 0.615. The van der Waals surface area contributed by atoms with Crippen LogP contribution in [0, 0.1) is 13.8 Å². The summed E-state index contributed by atoms with van der Waals surface area (Å²) < 4.78 is 1.98. The van der Waals surface area contributed by atoms with E-state index < -0.39 is 0 Å². The van der Waals surface area contributed by atoms with Gasteiger partial charge in [-0.05, 0) is 38.2 Å². The van der Waals surface area contributed by atoms with Crippen molar-refractivity contribution in [1.29, 1.82) is 0 Å². The molecule has 0 aromatic carbocycles. The Morgan fingerprint density at radius 2 is 2.00 bits per heavy atom. The van der Waals surface area contributed by atoms with E-state index >= 15 is 0 Å². The van der Waals surface area contributed by atoms with E-state index in [4.69, 9.17) is 0 Å². The summed E-state index contributed by atoms with van der Waals surface area (Å²) in [5, 5.41) is 4.45. The van der Waals surface area contributed by atoms with Gasteiger partial charge < -0.3 is 0 Å². The van der Waals surface area contributed by atoms with Gasteiger partial charge in [-0.15, -0.1) is 0 Å². The fourth-order valence-electron chi connectivity index (χ4n) is 2.09. The zero-order chi connectivity index (χ0) is 11.4. The SMILES string of the molecule is CC/C=C\CC(C)c1c(C)nn(C)c1C. The zero-order valence-electron chi connectivity index (χ0n) is 10.5. The van der Waals surface area contributed by atoms with E-state index in [2.05, 4.69) is 44.9 Å². The molecule has 0 aliphatic heterocycles. The van der Waals surface area contributed by atoms with E-state index in [1.807, 2.05) is 11.7 Å². The van der Waals surface area contributed by atoms with E-state index in [0.29, 0.717) is 5.92 Å². The Balaban J connectivity index is 2.81. The van der Waals surface area contributed by atoms with E-state index in [0.717, 1.165) is 12.8 Å². The Kier molecular flexibility index (Phi) is 4.13. The molecule has 0 radical (unpaired) electrons. The maximum Gasteiger partial charge on any atom is 0.0631 e. The minimum Gasteiger partial charge on any atom is -0.272 e. The van der Waals surface area contributed by atoms with Crippen molar-refractivity contribution in [1.82, 2.24) is 9.78 Å². The van der Waals surface area contributed by atoms with Gasteiger partial charge in [0.05, 0.1) is 5.69 Å². The lowest BCUT2D eigenvalue weighted by atomic mass is 9.96. The van der Waals surface area contributed by atoms with Gasteiger partial charge in [0.1, 0.15) is 0 Å². The molecule has 0 spiro atoms. The molecule has 0 aliphatic carbocycles. The Labute approximate surface area is 93.0 Å². The molecular weight excluding hydrogens is 184 g/mol. The molecular formula is C13H22N2. The standard InChI is InChI=1S/C13H22N2/c1-6-7-8-9-10(2)13-11(3)14-15(5)12(13)4/h7-8,10H,6,9H2,1-5H3/b8-7-. The van der Waals surface area contributed by atoms with Gasteiger partial charge in [0.15, 0.2) is 0 Å². The van der Waals surface area contributed by atoms with Crippen molar-refractivity contribution < 1.29 is 0 Å². The molecule has 1 aromatic rings. The van der Waals surface area contributed by atoms with Gasteiger partial charge in [0, 0.05) is 12.7 Å². The van der Waals surface area contributed by atoms with Crippen LogP contribution in [0.4, 0.5) is 0 Å². The highest BCUT2D eigenvalue weighted by Gasteiger charge is 2.14. The number of rotatable bonds is 4. The predicted molar refractivity (Wildman–Crippen MR) is 65.1 cm³/mol. The average Bonchev–Trinajstić information content (AvgIpc) is 2.41. The number of nitrogens with zero attached hydrogens (tertiary/aromatic N) is 2. The van der Waals surface area contributed by atoms with E-state index in [-0.39, 0.29) is 0 Å². The molecule has 1 aromatic heterocycles. The molecule has 15 heavy (non-hydrogen) atoms. The molecule has 1 atom stereocenters. The third-order valence-corrected chi connectivity index (χ3v) is 2.95. The highest BCUT2D eigenvalue weighted by atomic mass is 15.3. The quantitative estimate of drug-likeness (QED) is 0.689. The summed E-state index contributed by atoms with van der Waals surface area (Å²) in [7, 11) is 2.01. The first-order chi connectivity index (χ1) is 7.07. The first-order valence-electron chi connectivity index (χ1n) is 5.73. The Morgan fingerprint density at radius 3 is 2.47 bits per heavy atom. The van der Waals surface area contributed by atoms with Crippen LogP contribution in [0.2, 0.25) is 0 Å². The summed E-state index contributed by atoms with van der Waals surface area (Å²) in [6, 6.07) is 0. The fourth-order valence-corrected chi connectivity index (χ4v) is 2.09. The van der Waals surface area contributed by atoms with E-state index in [1.54, 1.807) is 0 Å². The monoisotopic (exact) mass is 206 g/mol. The van der Waals surface area contributed by atoms with Gasteiger partial charge in [0.2, 0.25) is 0 Å². The number of aromatic nitrogens is 2. The van der Waals surface area contributed by atoms with Crippen LogP contribution in [0.25, 0.3) is 0 Å². The van der Waals surface area contributed by atoms with Crippen LogP contribution in [0.5, 0.6) is 0 Å². The number of allylic oxidation sites excluding steroid dienone is 2. The summed E-state index contributed by atoms with van der Waals surface area (Å²) in [6.45, 7) is 8.69. The molecule has 1 unspecified atom stereocenters. The second-order valence-corrected chi connectivity index (χ2v) is 4.22. The smallest absolute Gasteiger partial charge is 0.0631 e. The zero-order valence-corrected chi connectivity index (χ0v) is 10.5. The van der Waals surface area contributed by atoms with Crippen molar-refractivity contribution in [2.45, 2.75) is 46.5 Å². The first-order valence-corrected chi connectivity index (χ1v) is 5.73. The molecule has 0 saturated heterocycles. The largest absolute Gasteiger partial charge is 0.272 e. The van der Waals surface area contributed by atoms with Crippen molar-refractivity contribution >= 4 is 0 Å². The first kappa shape index (κ1) is 12.0. The van der Waals surface area contributed by atoms with Crippen LogP contribution in [-0.4, -0.2) is 9.78 Å². The number of aryl methyl sites for hydroxylation is 2. The third kappa shape index (κ3) is 2.71. The van der Waals surface area contributed by atoms with Gasteiger partial charge in [-0.3, -0.25) is 4.68 Å². The van der Waals surface area contributed by atoms with E-state index in [1.165, 1.54) is 17.0 Å². The lowest BCUT2D eigenvalue weighted by Gasteiger charge is -2.09. The summed E-state index contributed by atoms with van der Waals surface area (Å²) in [5.41, 5.74) is 3.88.